The molecule has 0 fully saturated rings. The van der Waals surface area contributed by atoms with Gasteiger partial charge in [-0.3, -0.25) is 4.79 Å². The summed E-state index contributed by atoms with van der Waals surface area (Å²) in [6.45, 7) is 6.79. The van der Waals surface area contributed by atoms with Gasteiger partial charge < -0.3 is 47.9 Å². The Bertz CT molecular complexity index is 730. The summed E-state index contributed by atoms with van der Waals surface area (Å²) in [5.74, 6) is -2.20. The predicted molar refractivity (Wildman–Crippen MR) is 145 cm³/mol. The average Bonchev–Trinajstić information content (AvgIpc) is 2.92. The van der Waals surface area contributed by atoms with Crippen LogP contribution in [-0.2, 0) is 61.8 Å². The molecule has 0 aromatic carbocycles. The van der Waals surface area contributed by atoms with Gasteiger partial charge in [-0.2, -0.15) is 0 Å². The molecule has 0 aliphatic rings. The highest BCUT2D eigenvalue weighted by Gasteiger charge is 2.34. The van der Waals surface area contributed by atoms with E-state index in [9.17, 15) is 19.2 Å². The molecule has 0 unspecified atom stereocenters. The van der Waals surface area contributed by atoms with Crippen LogP contribution in [0.5, 0.6) is 0 Å². The minimum absolute atomic E-state index is 0.131. The normalized spacial score (nSPS) is 12.1. The van der Waals surface area contributed by atoms with Crippen LogP contribution in [-0.4, -0.2) is 129 Å². The van der Waals surface area contributed by atoms with E-state index in [-0.39, 0.29) is 64.4 Å². The number of nitrogens with one attached hydrogen (secondary N) is 1. The number of rotatable bonds is 24. The maximum Gasteiger partial charge on any atom is 0.331 e. The van der Waals surface area contributed by atoms with Gasteiger partial charge in [0.2, 0.25) is 5.91 Å². The van der Waals surface area contributed by atoms with Crippen molar-refractivity contribution in [1.29, 1.82) is 0 Å². The second-order valence-electron chi connectivity index (χ2n) is 10.6. The van der Waals surface area contributed by atoms with Crippen LogP contribution in [0.4, 0.5) is 0 Å². The van der Waals surface area contributed by atoms with Crippen molar-refractivity contribution in [3.8, 4) is 0 Å². The zero-order valence-corrected chi connectivity index (χ0v) is 25.8. The second kappa shape index (κ2) is 20.5. The molecule has 0 rings (SSSR count). The minimum atomic E-state index is -1.11. The lowest BCUT2D eigenvalue weighted by molar-refractivity contribution is -0.159. The van der Waals surface area contributed by atoms with Crippen LogP contribution in [0.25, 0.3) is 0 Å². The van der Waals surface area contributed by atoms with Crippen molar-refractivity contribution < 1.29 is 61.8 Å². The zero-order valence-electron chi connectivity index (χ0n) is 25.8. The Morgan fingerprint density at radius 1 is 0.585 bits per heavy atom. The molecule has 0 atom stereocenters. The van der Waals surface area contributed by atoms with Crippen LogP contribution in [0.15, 0.2) is 0 Å². The number of carbonyl (C=O) groups excluding carboxylic acids is 4. The van der Waals surface area contributed by atoms with Crippen LogP contribution in [0, 0.1) is 5.41 Å². The molecule has 0 aliphatic carbocycles. The lowest BCUT2D eigenvalue weighted by Gasteiger charge is -2.32. The van der Waals surface area contributed by atoms with Crippen LogP contribution in [0.1, 0.15) is 40.5 Å². The Hall–Kier alpha value is -2.36. The molecule has 240 valence electrons. The summed E-state index contributed by atoms with van der Waals surface area (Å²) in [6, 6.07) is 0. The van der Waals surface area contributed by atoms with Crippen molar-refractivity contribution in [3.63, 3.8) is 0 Å². The third kappa shape index (κ3) is 19.4. The Labute approximate surface area is 242 Å². The van der Waals surface area contributed by atoms with E-state index in [1.165, 1.54) is 21.3 Å². The molecule has 0 heterocycles. The summed E-state index contributed by atoms with van der Waals surface area (Å²) in [7, 11) is 5.31. The summed E-state index contributed by atoms with van der Waals surface area (Å²) in [5.41, 5.74) is -1.85. The average molecular weight is 596 g/mol. The van der Waals surface area contributed by atoms with Gasteiger partial charge in [0.15, 0.2) is 0 Å². The number of amides is 1. The Morgan fingerprint density at radius 3 is 1.39 bits per heavy atom. The fourth-order valence-electron chi connectivity index (χ4n) is 3.14. The van der Waals surface area contributed by atoms with Crippen molar-refractivity contribution >= 4 is 23.8 Å². The lowest BCUT2D eigenvalue weighted by Crippen LogP contribution is -2.44. The first-order valence-electron chi connectivity index (χ1n) is 13.2. The zero-order chi connectivity index (χ0) is 31.4. The summed E-state index contributed by atoms with van der Waals surface area (Å²) in [4.78, 5) is 47.1. The number of hydrogen-bond donors (Lipinski definition) is 1. The molecule has 0 aliphatic heterocycles. The van der Waals surface area contributed by atoms with Gasteiger partial charge in [0.1, 0.15) is 26.4 Å². The molecule has 0 saturated carbocycles. The van der Waals surface area contributed by atoms with Crippen molar-refractivity contribution in [2.24, 2.45) is 5.41 Å². The van der Waals surface area contributed by atoms with Gasteiger partial charge in [0.05, 0.1) is 71.0 Å². The molecule has 14 heteroatoms. The third-order valence-corrected chi connectivity index (χ3v) is 6.01. The first kappa shape index (κ1) is 38.6. The van der Waals surface area contributed by atoms with Gasteiger partial charge >= 0.3 is 17.9 Å². The SMILES string of the molecule is COC(=O)COCC(COCC(=O)NCCC(C)(C)OCCC(C)(C)OC)(COCC(=O)OC)COCC(=O)OC. The number of ether oxygens (including phenoxy) is 9. The molecule has 0 saturated heterocycles. The maximum atomic E-state index is 12.5. The minimum Gasteiger partial charge on any atom is -0.467 e. The van der Waals surface area contributed by atoms with Gasteiger partial charge in [-0.1, -0.05) is 0 Å². The van der Waals surface area contributed by atoms with E-state index < -0.39 is 28.9 Å². The molecule has 1 amide bonds. The van der Waals surface area contributed by atoms with E-state index in [1.54, 1.807) is 7.11 Å². The first-order chi connectivity index (χ1) is 19.2. The van der Waals surface area contributed by atoms with E-state index in [0.29, 0.717) is 19.6 Å². The molecule has 41 heavy (non-hydrogen) atoms. The molecule has 0 aromatic rings. The molecule has 0 radical (unpaired) electrons. The third-order valence-electron chi connectivity index (χ3n) is 6.01. The van der Waals surface area contributed by atoms with Gasteiger partial charge in [-0.05, 0) is 40.5 Å². The van der Waals surface area contributed by atoms with Crippen LogP contribution in [0.2, 0.25) is 0 Å². The smallest absolute Gasteiger partial charge is 0.331 e. The van der Waals surface area contributed by atoms with Gasteiger partial charge in [-0.25, -0.2) is 14.4 Å². The van der Waals surface area contributed by atoms with Crippen molar-refractivity contribution in [3.05, 3.63) is 0 Å². The van der Waals surface area contributed by atoms with E-state index >= 15 is 0 Å². The summed E-state index contributed by atoms with van der Waals surface area (Å²) in [5, 5.41) is 2.79. The summed E-state index contributed by atoms with van der Waals surface area (Å²) < 4.78 is 47.2. The largest absolute Gasteiger partial charge is 0.467 e. The molecular weight excluding hydrogens is 546 g/mol. The van der Waals surface area contributed by atoms with Gasteiger partial charge in [-0.15, -0.1) is 0 Å². The number of esters is 3. The Kier molecular flexibility index (Phi) is 19.3. The van der Waals surface area contributed by atoms with Crippen LogP contribution >= 0.6 is 0 Å². The number of methoxy groups -OCH3 is 4. The fourth-order valence-corrected chi connectivity index (χ4v) is 3.14. The topological polar surface area (TPSA) is 163 Å². The van der Waals surface area contributed by atoms with Gasteiger partial charge in [0.25, 0.3) is 0 Å². The van der Waals surface area contributed by atoms with Crippen molar-refractivity contribution in [2.45, 2.75) is 51.7 Å². The highest BCUT2D eigenvalue weighted by Crippen LogP contribution is 2.21. The Morgan fingerprint density at radius 2 is 1.00 bits per heavy atom. The molecule has 1 N–H and O–H groups in total. The van der Waals surface area contributed by atoms with E-state index in [1.807, 2.05) is 27.7 Å². The number of carbonyl (C=O) groups is 4. The van der Waals surface area contributed by atoms with Crippen molar-refractivity contribution in [1.82, 2.24) is 5.32 Å². The fraction of sp³-hybridized carbons (Fsp3) is 0.852. The summed E-state index contributed by atoms with van der Waals surface area (Å²) >= 11 is 0. The summed E-state index contributed by atoms with van der Waals surface area (Å²) in [6.07, 6.45) is 1.30. The van der Waals surface area contributed by atoms with Crippen LogP contribution < -0.4 is 5.32 Å². The van der Waals surface area contributed by atoms with Crippen molar-refractivity contribution in [2.75, 3.05) is 94.4 Å². The first-order valence-corrected chi connectivity index (χ1v) is 13.2. The quantitative estimate of drug-likeness (QED) is 0.122. The highest BCUT2D eigenvalue weighted by molar-refractivity contribution is 5.77. The molecular formula is C27H49NO13. The lowest BCUT2D eigenvalue weighted by atomic mass is 9.92. The van der Waals surface area contributed by atoms with E-state index in [4.69, 9.17) is 28.4 Å². The van der Waals surface area contributed by atoms with Crippen LogP contribution in [0.3, 0.4) is 0 Å². The standard InChI is InChI=1S/C27H49NO13/c1-25(2,36-8)10-12-41-26(3,4)9-11-28-21(29)13-37-17-27(18-38-14-22(30)33-5,19-39-15-23(31)34-6)20-40-16-24(32)35-7/h9-20H2,1-8H3,(H,28,29). The second-order valence-corrected chi connectivity index (χ2v) is 10.6. The Balaban J connectivity index is 5.06. The predicted octanol–water partition coefficient (Wildman–Crippen LogP) is 0.675. The van der Waals surface area contributed by atoms with E-state index in [2.05, 4.69) is 19.5 Å². The maximum absolute atomic E-state index is 12.5. The highest BCUT2D eigenvalue weighted by atomic mass is 16.6. The molecule has 0 aromatic heterocycles. The molecule has 0 spiro atoms. The molecule has 0 bridgehead atoms. The number of hydrogen-bond acceptors (Lipinski definition) is 13. The van der Waals surface area contributed by atoms with Gasteiger partial charge in [0, 0.05) is 13.7 Å². The van der Waals surface area contributed by atoms with E-state index in [0.717, 1.165) is 6.42 Å². The molecule has 14 nitrogen and oxygen atoms in total. The monoisotopic (exact) mass is 595 g/mol.